The van der Waals surface area contributed by atoms with Gasteiger partial charge in [-0.05, 0) is 57.5 Å². The largest absolute Gasteiger partial charge is 0.490 e. The lowest BCUT2D eigenvalue weighted by molar-refractivity contribution is 0.123. The normalized spacial score (nSPS) is 12.7. The third-order valence-electron chi connectivity index (χ3n) is 5.47. The number of aromatic nitrogens is 3. The molecule has 0 aliphatic carbocycles. The third kappa shape index (κ3) is 6.05. The first kappa shape index (κ1) is 25.3. The molecule has 4 aromatic rings. The van der Waals surface area contributed by atoms with Crippen molar-refractivity contribution >= 4 is 0 Å². The van der Waals surface area contributed by atoms with Crippen LogP contribution in [0.25, 0.3) is 34.2 Å². The van der Waals surface area contributed by atoms with Crippen molar-refractivity contribution < 1.29 is 19.7 Å². The maximum atomic E-state index is 9.74. The highest BCUT2D eigenvalue weighted by molar-refractivity contribution is 5.73. The molecule has 0 aliphatic heterocycles. The molecule has 0 bridgehead atoms. The zero-order valence-electron chi connectivity index (χ0n) is 21.0. The van der Waals surface area contributed by atoms with Crippen molar-refractivity contribution in [2.24, 2.45) is 0 Å². The van der Waals surface area contributed by atoms with Crippen LogP contribution in [-0.4, -0.2) is 50.6 Å². The van der Waals surface area contributed by atoms with Crippen LogP contribution in [0.1, 0.15) is 25.0 Å². The van der Waals surface area contributed by atoms with E-state index in [-0.39, 0.29) is 13.2 Å². The van der Waals surface area contributed by atoms with Gasteiger partial charge in [0.25, 0.3) is 0 Å². The molecule has 0 radical (unpaired) electrons. The molecular weight excluding hydrogens is 454 g/mol. The van der Waals surface area contributed by atoms with E-state index in [1.807, 2.05) is 74.5 Å². The van der Waals surface area contributed by atoms with Gasteiger partial charge in [-0.3, -0.25) is 0 Å². The maximum Gasteiger partial charge on any atom is 0.167 e. The zero-order chi connectivity index (χ0) is 25.7. The smallest absolute Gasteiger partial charge is 0.167 e. The molecule has 4 rings (SSSR count). The first-order chi connectivity index (χ1) is 17.3. The van der Waals surface area contributed by atoms with Gasteiger partial charge in [0.15, 0.2) is 17.5 Å². The van der Waals surface area contributed by atoms with Crippen LogP contribution in [0.5, 0.6) is 11.5 Å². The van der Waals surface area contributed by atoms with E-state index in [2.05, 4.69) is 6.07 Å². The van der Waals surface area contributed by atoms with Gasteiger partial charge in [0.05, 0.1) is 23.3 Å². The van der Waals surface area contributed by atoms with Gasteiger partial charge in [0.2, 0.25) is 0 Å². The molecule has 0 fully saturated rings. The molecule has 1 heterocycles. The number of hydrogen-bond donors (Lipinski definition) is 2. The molecule has 7 nitrogen and oxygen atoms in total. The number of nitrogens with zero attached hydrogens (tertiary/aromatic N) is 3. The van der Waals surface area contributed by atoms with Crippen molar-refractivity contribution in [1.82, 2.24) is 15.0 Å². The fourth-order valence-electron chi connectivity index (χ4n) is 3.78. The Hall–Kier alpha value is -3.81. The van der Waals surface area contributed by atoms with Gasteiger partial charge < -0.3 is 19.7 Å². The molecule has 0 aliphatic rings. The lowest BCUT2D eigenvalue weighted by Gasteiger charge is -2.15. The van der Waals surface area contributed by atoms with E-state index in [1.54, 1.807) is 13.8 Å². The van der Waals surface area contributed by atoms with Gasteiger partial charge in [0.1, 0.15) is 24.7 Å². The molecule has 2 atom stereocenters. The van der Waals surface area contributed by atoms with Crippen molar-refractivity contribution in [2.45, 2.75) is 39.9 Å². The average molecular weight is 486 g/mol. The van der Waals surface area contributed by atoms with Gasteiger partial charge in [-0.15, -0.1) is 0 Å². The Labute approximate surface area is 211 Å². The minimum absolute atomic E-state index is 0.148. The lowest BCUT2D eigenvalue weighted by atomic mass is 10.0. The minimum atomic E-state index is -0.615. The van der Waals surface area contributed by atoms with Gasteiger partial charge in [0, 0.05) is 5.56 Å². The highest BCUT2D eigenvalue weighted by atomic mass is 16.5. The fourth-order valence-corrected chi connectivity index (χ4v) is 3.78. The Balaban J connectivity index is 1.90. The van der Waals surface area contributed by atoms with Crippen LogP contribution < -0.4 is 9.47 Å². The molecule has 0 saturated carbocycles. The predicted molar refractivity (Wildman–Crippen MR) is 140 cm³/mol. The summed E-state index contributed by atoms with van der Waals surface area (Å²) >= 11 is 0. The van der Waals surface area contributed by atoms with Crippen LogP contribution >= 0.6 is 0 Å². The van der Waals surface area contributed by atoms with E-state index < -0.39 is 12.2 Å². The summed E-state index contributed by atoms with van der Waals surface area (Å²) in [4.78, 5) is 14.5. The van der Waals surface area contributed by atoms with Crippen LogP contribution in [0.4, 0.5) is 0 Å². The molecule has 3 aromatic carbocycles. The highest BCUT2D eigenvalue weighted by Gasteiger charge is 2.18. The summed E-state index contributed by atoms with van der Waals surface area (Å²) in [5.41, 5.74) is 4.48. The summed E-state index contributed by atoms with van der Waals surface area (Å²) in [6.45, 7) is 7.72. The quantitative estimate of drug-likeness (QED) is 0.344. The summed E-state index contributed by atoms with van der Waals surface area (Å²) in [5.74, 6) is 2.56. The van der Waals surface area contributed by atoms with Crippen LogP contribution in [-0.2, 0) is 0 Å². The number of hydrogen-bond acceptors (Lipinski definition) is 7. The Morgan fingerprint density at radius 2 is 1.08 bits per heavy atom. The lowest BCUT2D eigenvalue weighted by Crippen LogP contribution is -2.14. The Morgan fingerprint density at radius 3 is 1.53 bits per heavy atom. The van der Waals surface area contributed by atoms with E-state index in [1.165, 1.54) is 0 Å². The second-order valence-electron chi connectivity index (χ2n) is 8.94. The van der Waals surface area contributed by atoms with Crippen molar-refractivity contribution in [1.29, 1.82) is 0 Å². The number of aliphatic hydroxyl groups excluding tert-OH is 2. The van der Waals surface area contributed by atoms with Gasteiger partial charge in [-0.2, -0.15) is 0 Å². The van der Waals surface area contributed by atoms with Crippen LogP contribution in [0, 0.1) is 13.8 Å². The molecule has 0 saturated heterocycles. The number of benzene rings is 3. The SMILES string of the molecule is Cc1ccc(-c2nc(-c3ccccc3OCC(C)O)nc(-c3ccccc3OCC(C)O)n2)c(C)c1. The van der Waals surface area contributed by atoms with Crippen molar-refractivity contribution in [3.05, 3.63) is 77.9 Å². The second-order valence-corrected chi connectivity index (χ2v) is 8.94. The second kappa shape index (κ2) is 11.3. The van der Waals surface area contributed by atoms with Crippen LogP contribution in [0.15, 0.2) is 66.7 Å². The number of aliphatic hydroxyl groups is 2. The molecule has 0 spiro atoms. The van der Waals surface area contributed by atoms with E-state index in [0.29, 0.717) is 40.1 Å². The topological polar surface area (TPSA) is 97.6 Å². The standard InChI is InChI=1S/C29H31N3O4/c1-18-13-14-22(19(2)15-18)27-30-28(23-9-5-7-11-25(23)35-16-20(3)33)32-29(31-27)24-10-6-8-12-26(24)36-17-21(4)34/h5-15,20-21,33-34H,16-17H2,1-4H3. The maximum absolute atomic E-state index is 9.74. The van der Waals surface area contributed by atoms with E-state index in [9.17, 15) is 10.2 Å². The minimum Gasteiger partial charge on any atom is -0.490 e. The monoisotopic (exact) mass is 485 g/mol. The van der Waals surface area contributed by atoms with Gasteiger partial charge >= 0.3 is 0 Å². The molecular formula is C29H31N3O4. The van der Waals surface area contributed by atoms with Crippen LogP contribution in [0.2, 0.25) is 0 Å². The van der Waals surface area contributed by atoms with Gasteiger partial charge in [-0.25, -0.2) is 15.0 Å². The van der Waals surface area contributed by atoms with Crippen molar-refractivity contribution in [2.75, 3.05) is 13.2 Å². The number of aryl methyl sites for hydroxylation is 2. The Bertz CT molecular complexity index is 1260. The molecule has 0 amide bonds. The predicted octanol–water partition coefficient (Wildman–Crippen LogP) is 5.01. The number of para-hydroxylation sites is 2. The van der Waals surface area contributed by atoms with Crippen LogP contribution in [0.3, 0.4) is 0 Å². The Kier molecular flexibility index (Phi) is 7.93. The van der Waals surface area contributed by atoms with Crippen molar-refractivity contribution in [3.8, 4) is 45.7 Å². The first-order valence-electron chi connectivity index (χ1n) is 12.0. The summed E-state index contributed by atoms with van der Waals surface area (Å²) < 4.78 is 11.7. The Morgan fingerprint density at radius 1 is 0.639 bits per heavy atom. The van der Waals surface area contributed by atoms with Gasteiger partial charge in [-0.1, -0.05) is 48.0 Å². The van der Waals surface area contributed by atoms with E-state index >= 15 is 0 Å². The summed E-state index contributed by atoms with van der Waals surface area (Å²) in [5, 5.41) is 19.5. The average Bonchev–Trinajstić information content (AvgIpc) is 2.86. The summed E-state index contributed by atoms with van der Waals surface area (Å²) in [6.07, 6.45) is -1.23. The first-order valence-corrected chi connectivity index (χ1v) is 12.0. The fraction of sp³-hybridized carbons (Fsp3) is 0.276. The summed E-state index contributed by atoms with van der Waals surface area (Å²) in [7, 11) is 0. The third-order valence-corrected chi connectivity index (χ3v) is 5.47. The van der Waals surface area contributed by atoms with E-state index in [0.717, 1.165) is 16.7 Å². The molecule has 7 heteroatoms. The number of rotatable bonds is 9. The molecule has 2 unspecified atom stereocenters. The molecule has 1 aromatic heterocycles. The zero-order valence-corrected chi connectivity index (χ0v) is 21.0. The molecule has 186 valence electrons. The van der Waals surface area contributed by atoms with E-state index in [4.69, 9.17) is 24.4 Å². The molecule has 2 N–H and O–H groups in total. The molecule has 36 heavy (non-hydrogen) atoms. The summed E-state index contributed by atoms with van der Waals surface area (Å²) in [6, 6.07) is 21.1. The number of ether oxygens (including phenoxy) is 2. The van der Waals surface area contributed by atoms with Crippen molar-refractivity contribution in [3.63, 3.8) is 0 Å². The highest BCUT2D eigenvalue weighted by Crippen LogP contribution is 2.34.